The summed E-state index contributed by atoms with van der Waals surface area (Å²) in [5, 5.41) is 13.0. The molecule has 4 bridgehead atoms. The van der Waals surface area contributed by atoms with E-state index >= 15 is 0 Å². The minimum Gasteiger partial charge on any atom is -0.449 e. The van der Waals surface area contributed by atoms with Gasteiger partial charge in [0.05, 0.1) is 19.3 Å². The summed E-state index contributed by atoms with van der Waals surface area (Å²) in [5.74, 6) is 2.64. The average Bonchev–Trinajstić information content (AvgIpc) is 3.13. The molecule has 1 heterocycles. The zero-order valence-electron chi connectivity index (χ0n) is 19.3. The number of ether oxygens (including phenoxy) is 1. The van der Waals surface area contributed by atoms with Crippen LogP contribution in [0.2, 0.25) is 0 Å². The molecule has 4 aliphatic carbocycles. The van der Waals surface area contributed by atoms with Gasteiger partial charge in [0, 0.05) is 12.1 Å². The Morgan fingerprint density at radius 1 is 1.06 bits per heavy atom. The van der Waals surface area contributed by atoms with Crippen LogP contribution < -0.4 is 5.32 Å². The molecule has 2 atom stereocenters. The number of amides is 2. The minimum absolute atomic E-state index is 0.125. The number of aliphatic hydroxyl groups is 1. The molecule has 1 aromatic carbocycles. The zero-order chi connectivity index (χ0) is 22.5. The highest BCUT2D eigenvalue weighted by Crippen LogP contribution is 2.60. The van der Waals surface area contributed by atoms with Crippen LogP contribution in [0.1, 0.15) is 64.4 Å². The van der Waals surface area contributed by atoms with Gasteiger partial charge in [0.15, 0.2) is 0 Å². The number of nitrogens with one attached hydrogen (secondary N) is 1. The standard InChI is InChI=1S/C26H36N2O4/c1-16(2)15-32-25(31)28-14-22(29)10-23(28)24(30)27-21-5-3-20(4-6-21)26-11-17-7-18(12-26)9-19(8-17)13-26/h3-6,16-19,22-23,29H,7-15H2,1-2H3,(H,27,30)/t17?,18?,19?,22-,23+,26?/m1/s1. The van der Waals surface area contributed by atoms with Gasteiger partial charge >= 0.3 is 6.09 Å². The van der Waals surface area contributed by atoms with Crippen LogP contribution in [-0.2, 0) is 14.9 Å². The number of likely N-dealkylation sites (tertiary alicyclic amines) is 1. The highest BCUT2D eigenvalue weighted by molar-refractivity contribution is 5.97. The smallest absolute Gasteiger partial charge is 0.410 e. The van der Waals surface area contributed by atoms with Crippen LogP contribution in [0.15, 0.2) is 24.3 Å². The molecule has 2 N–H and O–H groups in total. The van der Waals surface area contributed by atoms with Crippen LogP contribution in [0.5, 0.6) is 0 Å². The Kier molecular flexibility index (Phi) is 5.68. The van der Waals surface area contributed by atoms with Crippen LogP contribution >= 0.6 is 0 Å². The number of hydrogen-bond acceptors (Lipinski definition) is 4. The third-order valence-corrected chi connectivity index (χ3v) is 8.16. The zero-order valence-corrected chi connectivity index (χ0v) is 19.3. The summed E-state index contributed by atoms with van der Waals surface area (Å²) in [4.78, 5) is 26.7. The predicted molar refractivity (Wildman–Crippen MR) is 122 cm³/mol. The molecule has 6 nitrogen and oxygen atoms in total. The highest BCUT2D eigenvalue weighted by Gasteiger charge is 2.51. The van der Waals surface area contributed by atoms with E-state index in [0.29, 0.717) is 12.0 Å². The van der Waals surface area contributed by atoms with Crippen molar-refractivity contribution in [3.63, 3.8) is 0 Å². The summed E-state index contributed by atoms with van der Waals surface area (Å²) in [6, 6.07) is 7.67. The number of hydrogen-bond donors (Lipinski definition) is 2. The molecule has 5 aliphatic rings. The summed E-state index contributed by atoms with van der Waals surface area (Å²) in [6.07, 6.45) is 7.22. The number of β-amino-alcohol motifs (C(OH)–C–C–N with tert-alkyl or cyclic N) is 1. The minimum atomic E-state index is -0.715. The van der Waals surface area contributed by atoms with Gasteiger partial charge in [-0.3, -0.25) is 9.69 Å². The fraction of sp³-hybridized carbons (Fsp3) is 0.692. The molecule has 1 aliphatic heterocycles. The lowest BCUT2D eigenvalue weighted by Crippen LogP contribution is -2.48. The molecular formula is C26H36N2O4. The second-order valence-corrected chi connectivity index (χ2v) is 11.3. The topological polar surface area (TPSA) is 78.9 Å². The maximum Gasteiger partial charge on any atom is 0.410 e. The van der Waals surface area contributed by atoms with Crippen LogP contribution in [0.4, 0.5) is 10.5 Å². The van der Waals surface area contributed by atoms with Crippen molar-refractivity contribution < 1.29 is 19.4 Å². The molecular weight excluding hydrogens is 404 g/mol. The number of anilines is 1. The Morgan fingerprint density at radius 2 is 1.66 bits per heavy atom. The largest absolute Gasteiger partial charge is 0.449 e. The van der Waals surface area contributed by atoms with Crippen molar-refractivity contribution in [2.24, 2.45) is 23.7 Å². The van der Waals surface area contributed by atoms with Gasteiger partial charge in [0.25, 0.3) is 0 Å². The molecule has 6 rings (SSSR count). The fourth-order valence-electron chi connectivity index (χ4n) is 7.18. The molecule has 5 fully saturated rings. The Morgan fingerprint density at radius 3 is 2.22 bits per heavy atom. The Balaban J connectivity index is 1.24. The lowest BCUT2D eigenvalue weighted by atomic mass is 9.48. The van der Waals surface area contributed by atoms with Gasteiger partial charge in [-0.1, -0.05) is 26.0 Å². The van der Waals surface area contributed by atoms with Crippen LogP contribution in [-0.4, -0.2) is 47.3 Å². The average molecular weight is 441 g/mol. The number of nitrogens with zero attached hydrogens (tertiary/aromatic N) is 1. The number of benzene rings is 1. The van der Waals surface area contributed by atoms with E-state index in [4.69, 9.17) is 4.74 Å². The second-order valence-electron chi connectivity index (χ2n) is 11.3. The summed E-state index contributed by atoms with van der Waals surface area (Å²) in [6.45, 7) is 4.35. The monoisotopic (exact) mass is 440 g/mol. The molecule has 1 aromatic rings. The molecule has 2 amide bonds. The molecule has 0 aromatic heterocycles. The molecule has 0 radical (unpaired) electrons. The van der Waals surface area contributed by atoms with Gasteiger partial charge in [0.1, 0.15) is 6.04 Å². The maximum atomic E-state index is 12.9. The Hall–Kier alpha value is -2.08. The first-order chi connectivity index (χ1) is 15.3. The molecule has 6 heteroatoms. The summed E-state index contributed by atoms with van der Waals surface area (Å²) >= 11 is 0. The van der Waals surface area contributed by atoms with Gasteiger partial charge in [-0.2, -0.15) is 0 Å². The van der Waals surface area contributed by atoms with Crippen LogP contribution in [0, 0.1) is 23.7 Å². The first kappa shape index (κ1) is 21.7. The third kappa shape index (κ3) is 4.14. The number of carbonyl (C=O) groups is 2. The lowest BCUT2D eigenvalue weighted by Gasteiger charge is -2.57. The number of carbonyl (C=O) groups excluding carboxylic acids is 2. The van der Waals surface area contributed by atoms with E-state index in [1.807, 2.05) is 26.0 Å². The van der Waals surface area contributed by atoms with Gasteiger partial charge in [-0.25, -0.2) is 4.79 Å². The van der Waals surface area contributed by atoms with E-state index < -0.39 is 18.2 Å². The van der Waals surface area contributed by atoms with Crippen molar-refractivity contribution in [1.82, 2.24) is 4.90 Å². The van der Waals surface area contributed by atoms with E-state index in [-0.39, 0.29) is 24.8 Å². The molecule has 32 heavy (non-hydrogen) atoms. The lowest BCUT2D eigenvalue weighted by molar-refractivity contribution is -0.120. The number of aliphatic hydroxyl groups excluding tert-OH is 1. The van der Waals surface area contributed by atoms with Crippen molar-refractivity contribution in [1.29, 1.82) is 0 Å². The second kappa shape index (κ2) is 8.36. The van der Waals surface area contributed by atoms with Crippen LogP contribution in [0.25, 0.3) is 0 Å². The van der Waals surface area contributed by atoms with Gasteiger partial charge in [-0.05, 0) is 85.3 Å². The first-order valence-electron chi connectivity index (χ1n) is 12.3. The summed E-state index contributed by atoms with van der Waals surface area (Å²) in [7, 11) is 0. The van der Waals surface area contributed by atoms with E-state index in [0.717, 1.165) is 23.4 Å². The van der Waals surface area contributed by atoms with Crippen molar-refractivity contribution in [2.45, 2.75) is 76.4 Å². The highest BCUT2D eigenvalue weighted by atomic mass is 16.6. The molecule has 174 valence electrons. The van der Waals surface area contributed by atoms with Crippen molar-refractivity contribution >= 4 is 17.7 Å². The summed E-state index contributed by atoms with van der Waals surface area (Å²) in [5.41, 5.74) is 2.49. The van der Waals surface area contributed by atoms with Gasteiger partial charge in [0.2, 0.25) is 5.91 Å². The molecule has 1 saturated heterocycles. The predicted octanol–water partition coefficient (Wildman–Crippen LogP) is 4.32. The van der Waals surface area contributed by atoms with Crippen LogP contribution in [0.3, 0.4) is 0 Å². The molecule has 4 saturated carbocycles. The maximum absolute atomic E-state index is 12.9. The number of rotatable bonds is 5. The van der Waals surface area contributed by atoms with Gasteiger partial charge < -0.3 is 15.2 Å². The third-order valence-electron chi connectivity index (χ3n) is 8.16. The fourth-order valence-corrected chi connectivity index (χ4v) is 7.18. The molecule has 0 unspecified atom stereocenters. The first-order valence-corrected chi connectivity index (χ1v) is 12.3. The summed E-state index contributed by atoms with van der Waals surface area (Å²) < 4.78 is 5.29. The normalized spacial score (nSPS) is 35.4. The van der Waals surface area contributed by atoms with E-state index in [2.05, 4.69) is 17.4 Å². The SMILES string of the molecule is CC(C)COC(=O)N1C[C@H](O)C[C@H]1C(=O)Nc1ccc(C23CC4CC(CC(C4)C2)C3)cc1. The van der Waals surface area contributed by atoms with E-state index in [1.54, 1.807) is 0 Å². The van der Waals surface area contributed by atoms with E-state index in [1.165, 1.54) is 49.0 Å². The van der Waals surface area contributed by atoms with Gasteiger partial charge in [-0.15, -0.1) is 0 Å². The van der Waals surface area contributed by atoms with Crippen molar-refractivity contribution in [3.8, 4) is 0 Å². The molecule has 0 spiro atoms. The van der Waals surface area contributed by atoms with Crippen molar-refractivity contribution in [3.05, 3.63) is 29.8 Å². The quantitative estimate of drug-likeness (QED) is 0.715. The Bertz CT molecular complexity index is 830. The van der Waals surface area contributed by atoms with E-state index in [9.17, 15) is 14.7 Å². The van der Waals surface area contributed by atoms with Crippen molar-refractivity contribution in [2.75, 3.05) is 18.5 Å². The Labute approximate surface area is 190 Å².